The second kappa shape index (κ2) is 4.76. The summed E-state index contributed by atoms with van der Waals surface area (Å²) in [4.78, 5) is 8.50. The standard InChI is InChI=1S/C13H16N4O/c1-9-16-13(18-17-9)11-5-7-15-12(8-11)14-6-4-10-2-3-10/h5,7-8,10H,2-4,6H2,1H3,(H,14,15). The molecule has 0 spiro atoms. The Morgan fingerprint density at radius 2 is 2.33 bits per heavy atom. The molecule has 1 N–H and O–H groups in total. The molecule has 0 saturated heterocycles. The van der Waals surface area contributed by atoms with Crippen LogP contribution in [0.15, 0.2) is 22.9 Å². The minimum absolute atomic E-state index is 0.542. The minimum atomic E-state index is 0.542. The average Bonchev–Trinajstić information content (AvgIpc) is 3.10. The van der Waals surface area contributed by atoms with Crippen molar-refractivity contribution in [3.05, 3.63) is 24.2 Å². The molecule has 18 heavy (non-hydrogen) atoms. The molecule has 2 aromatic rings. The van der Waals surface area contributed by atoms with E-state index in [-0.39, 0.29) is 0 Å². The zero-order chi connectivity index (χ0) is 12.4. The van der Waals surface area contributed by atoms with Crippen molar-refractivity contribution in [3.8, 4) is 11.5 Å². The second-order valence-corrected chi connectivity index (χ2v) is 4.74. The predicted molar refractivity (Wildman–Crippen MR) is 68.1 cm³/mol. The van der Waals surface area contributed by atoms with E-state index in [9.17, 15) is 0 Å². The van der Waals surface area contributed by atoms with Crippen LogP contribution in [0.4, 0.5) is 5.82 Å². The fourth-order valence-corrected chi connectivity index (χ4v) is 1.89. The van der Waals surface area contributed by atoms with E-state index in [2.05, 4.69) is 20.4 Å². The Morgan fingerprint density at radius 3 is 3.06 bits per heavy atom. The molecule has 0 aromatic carbocycles. The molecule has 0 unspecified atom stereocenters. The molecule has 0 atom stereocenters. The first-order valence-electron chi connectivity index (χ1n) is 6.32. The van der Waals surface area contributed by atoms with Crippen LogP contribution in [0, 0.1) is 12.8 Å². The Labute approximate surface area is 106 Å². The Morgan fingerprint density at radius 1 is 1.44 bits per heavy atom. The third-order valence-electron chi connectivity index (χ3n) is 3.09. The van der Waals surface area contributed by atoms with E-state index in [1.165, 1.54) is 19.3 Å². The Balaban J connectivity index is 1.67. The number of aryl methyl sites for hydroxylation is 1. The molecule has 3 rings (SSSR count). The molecule has 0 bridgehead atoms. The highest BCUT2D eigenvalue weighted by Gasteiger charge is 2.20. The van der Waals surface area contributed by atoms with Crippen LogP contribution in [-0.2, 0) is 0 Å². The lowest BCUT2D eigenvalue weighted by molar-refractivity contribution is 0.425. The molecule has 5 heteroatoms. The highest BCUT2D eigenvalue weighted by Crippen LogP contribution is 2.32. The third-order valence-corrected chi connectivity index (χ3v) is 3.09. The number of rotatable bonds is 5. The van der Waals surface area contributed by atoms with Crippen LogP contribution in [0.3, 0.4) is 0 Å². The number of aromatic nitrogens is 3. The van der Waals surface area contributed by atoms with Crippen LogP contribution in [0.5, 0.6) is 0 Å². The van der Waals surface area contributed by atoms with Crippen molar-refractivity contribution in [2.45, 2.75) is 26.2 Å². The van der Waals surface area contributed by atoms with Crippen molar-refractivity contribution in [1.29, 1.82) is 0 Å². The highest BCUT2D eigenvalue weighted by molar-refractivity contribution is 5.57. The highest BCUT2D eigenvalue weighted by atomic mass is 16.5. The molecule has 2 heterocycles. The summed E-state index contributed by atoms with van der Waals surface area (Å²) in [5, 5.41) is 7.12. The van der Waals surface area contributed by atoms with Gasteiger partial charge in [0.25, 0.3) is 5.89 Å². The van der Waals surface area contributed by atoms with Gasteiger partial charge in [-0.05, 0) is 31.4 Å². The minimum Gasteiger partial charge on any atom is -0.370 e. The molecule has 5 nitrogen and oxygen atoms in total. The van der Waals surface area contributed by atoms with E-state index in [1.807, 2.05) is 19.1 Å². The summed E-state index contributed by atoms with van der Waals surface area (Å²) >= 11 is 0. The van der Waals surface area contributed by atoms with E-state index >= 15 is 0 Å². The number of hydrogen-bond donors (Lipinski definition) is 1. The van der Waals surface area contributed by atoms with Crippen molar-refractivity contribution in [1.82, 2.24) is 15.1 Å². The van der Waals surface area contributed by atoms with Gasteiger partial charge in [-0.2, -0.15) is 4.98 Å². The lowest BCUT2D eigenvalue weighted by Gasteiger charge is -2.05. The van der Waals surface area contributed by atoms with Gasteiger partial charge in [-0.25, -0.2) is 4.98 Å². The maximum atomic E-state index is 5.14. The molecular formula is C13H16N4O. The van der Waals surface area contributed by atoms with E-state index in [4.69, 9.17) is 4.52 Å². The summed E-state index contributed by atoms with van der Waals surface area (Å²) in [5.74, 6) is 2.98. The van der Waals surface area contributed by atoms with Gasteiger partial charge in [0.15, 0.2) is 5.82 Å². The number of anilines is 1. The van der Waals surface area contributed by atoms with E-state index < -0.39 is 0 Å². The van der Waals surface area contributed by atoms with Gasteiger partial charge in [0, 0.05) is 18.3 Å². The summed E-state index contributed by atoms with van der Waals surface area (Å²) in [7, 11) is 0. The van der Waals surface area contributed by atoms with Gasteiger partial charge in [-0.1, -0.05) is 18.0 Å². The third kappa shape index (κ3) is 2.67. The Hall–Kier alpha value is -1.91. The van der Waals surface area contributed by atoms with E-state index in [0.717, 1.165) is 23.8 Å². The van der Waals surface area contributed by atoms with Crippen LogP contribution in [0.25, 0.3) is 11.5 Å². The lowest BCUT2D eigenvalue weighted by Crippen LogP contribution is -2.03. The van der Waals surface area contributed by atoms with Crippen molar-refractivity contribution < 1.29 is 4.52 Å². The van der Waals surface area contributed by atoms with Crippen LogP contribution in [0.1, 0.15) is 25.1 Å². The van der Waals surface area contributed by atoms with Crippen molar-refractivity contribution >= 4 is 5.82 Å². The first-order chi connectivity index (χ1) is 8.81. The largest absolute Gasteiger partial charge is 0.370 e. The molecule has 1 saturated carbocycles. The van der Waals surface area contributed by atoms with E-state index in [0.29, 0.717) is 11.7 Å². The maximum absolute atomic E-state index is 5.14. The normalized spacial score (nSPS) is 14.7. The molecule has 0 aliphatic heterocycles. The molecule has 1 fully saturated rings. The smallest absolute Gasteiger partial charge is 0.258 e. The first kappa shape index (κ1) is 11.2. The number of hydrogen-bond acceptors (Lipinski definition) is 5. The lowest BCUT2D eigenvalue weighted by atomic mass is 10.2. The second-order valence-electron chi connectivity index (χ2n) is 4.74. The predicted octanol–water partition coefficient (Wildman–Crippen LogP) is 2.65. The molecule has 2 aromatic heterocycles. The summed E-state index contributed by atoms with van der Waals surface area (Å²) in [6.45, 7) is 2.78. The van der Waals surface area contributed by atoms with Crippen LogP contribution < -0.4 is 5.32 Å². The van der Waals surface area contributed by atoms with Crippen molar-refractivity contribution in [2.24, 2.45) is 5.92 Å². The monoisotopic (exact) mass is 244 g/mol. The van der Waals surface area contributed by atoms with Gasteiger partial charge in [0.2, 0.25) is 0 Å². The zero-order valence-electron chi connectivity index (χ0n) is 10.4. The molecule has 0 amide bonds. The fourth-order valence-electron chi connectivity index (χ4n) is 1.89. The van der Waals surface area contributed by atoms with Gasteiger partial charge in [-0.3, -0.25) is 0 Å². The summed E-state index contributed by atoms with van der Waals surface area (Å²) in [6, 6.07) is 3.82. The summed E-state index contributed by atoms with van der Waals surface area (Å²) in [6.07, 6.45) is 5.76. The Bertz CT molecular complexity index is 533. The van der Waals surface area contributed by atoms with Gasteiger partial charge < -0.3 is 9.84 Å². The van der Waals surface area contributed by atoms with E-state index in [1.54, 1.807) is 6.20 Å². The summed E-state index contributed by atoms with van der Waals surface area (Å²) < 4.78 is 5.14. The van der Waals surface area contributed by atoms with Gasteiger partial charge in [0.05, 0.1) is 0 Å². The molecule has 1 aliphatic carbocycles. The van der Waals surface area contributed by atoms with Crippen LogP contribution in [0.2, 0.25) is 0 Å². The van der Waals surface area contributed by atoms with Gasteiger partial charge >= 0.3 is 0 Å². The van der Waals surface area contributed by atoms with Crippen LogP contribution >= 0.6 is 0 Å². The molecule has 0 radical (unpaired) electrons. The van der Waals surface area contributed by atoms with Gasteiger partial charge in [-0.15, -0.1) is 0 Å². The first-order valence-corrected chi connectivity index (χ1v) is 6.32. The maximum Gasteiger partial charge on any atom is 0.258 e. The fraction of sp³-hybridized carbons (Fsp3) is 0.462. The summed E-state index contributed by atoms with van der Waals surface area (Å²) in [5.41, 5.74) is 0.902. The molecule has 1 aliphatic rings. The molecular weight excluding hydrogens is 228 g/mol. The SMILES string of the molecule is Cc1noc(-c2ccnc(NCCC3CC3)c2)n1. The topological polar surface area (TPSA) is 63.8 Å². The molecule has 94 valence electrons. The average molecular weight is 244 g/mol. The number of nitrogens with zero attached hydrogens (tertiary/aromatic N) is 3. The van der Waals surface area contributed by atoms with Gasteiger partial charge in [0.1, 0.15) is 5.82 Å². The van der Waals surface area contributed by atoms with Crippen molar-refractivity contribution in [2.75, 3.05) is 11.9 Å². The number of nitrogens with one attached hydrogen (secondary N) is 1. The van der Waals surface area contributed by atoms with Crippen molar-refractivity contribution in [3.63, 3.8) is 0 Å². The quantitative estimate of drug-likeness (QED) is 0.876. The van der Waals surface area contributed by atoms with Crippen LogP contribution in [-0.4, -0.2) is 21.7 Å². The zero-order valence-corrected chi connectivity index (χ0v) is 10.4. The number of pyridine rings is 1. The Kier molecular flexibility index (Phi) is 2.96.